The number of nitrogens with zero attached hydrogens (tertiary/aromatic N) is 3. The van der Waals surface area contributed by atoms with E-state index in [2.05, 4.69) is 21.2 Å². The summed E-state index contributed by atoms with van der Waals surface area (Å²) in [6, 6.07) is 16.1. The summed E-state index contributed by atoms with van der Waals surface area (Å²) in [5.41, 5.74) is 0.822. The Balaban J connectivity index is 1.72. The number of nitro benzene ring substituents is 1. The minimum absolute atomic E-state index is 0.0185. The molecule has 1 aliphatic rings. The Hall–Kier alpha value is -3.97. The average Bonchev–Trinajstić information content (AvgIpc) is 3.02. The maximum Gasteiger partial charge on any atom is 0.273 e. The molecule has 4 rings (SSSR count). The number of carbonyl (C=O) groups is 2. The van der Waals surface area contributed by atoms with Crippen molar-refractivity contribution in [2.75, 3.05) is 18.0 Å². The highest BCUT2D eigenvalue weighted by atomic mass is 79.9. The zero-order valence-electron chi connectivity index (χ0n) is 25.4. The van der Waals surface area contributed by atoms with E-state index in [0.717, 1.165) is 52.5 Å². The van der Waals surface area contributed by atoms with Crippen molar-refractivity contribution in [3.05, 3.63) is 92.4 Å². The average molecular weight is 702 g/mol. The van der Waals surface area contributed by atoms with Crippen LogP contribution >= 0.6 is 15.9 Å². The number of ether oxygens (including phenoxy) is 1. The fourth-order valence-corrected chi connectivity index (χ4v) is 7.22. The molecule has 11 nitrogen and oxygen atoms in total. The molecule has 0 radical (unpaired) electrons. The zero-order chi connectivity index (χ0) is 32.7. The lowest BCUT2D eigenvalue weighted by atomic mass is 9.95. The number of benzene rings is 3. The first-order valence-electron chi connectivity index (χ1n) is 14.7. The lowest BCUT2D eigenvalue weighted by molar-refractivity contribution is -0.385. The van der Waals surface area contributed by atoms with Crippen molar-refractivity contribution in [2.45, 2.75) is 69.5 Å². The number of amides is 2. The molecule has 3 aromatic carbocycles. The summed E-state index contributed by atoms with van der Waals surface area (Å²) in [5, 5.41) is 14.7. The number of hydrogen-bond acceptors (Lipinski definition) is 7. The third kappa shape index (κ3) is 8.40. The van der Waals surface area contributed by atoms with E-state index in [9.17, 15) is 28.1 Å². The van der Waals surface area contributed by atoms with E-state index in [4.69, 9.17) is 4.74 Å². The van der Waals surface area contributed by atoms with Crippen molar-refractivity contribution >= 4 is 49.1 Å². The number of methoxy groups -OCH3 is 1. The van der Waals surface area contributed by atoms with Crippen LogP contribution in [0.1, 0.15) is 50.2 Å². The molecule has 1 unspecified atom stereocenters. The zero-order valence-corrected chi connectivity index (χ0v) is 27.8. The Morgan fingerprint density at radius 2 is 1.76 bits per heavy atom. The largest absolute Gasteiger partial charge is 0.497 e. The number of nitrogens with one attached hydrogen (secondary N) is 1. The Morgan fingerprint density at radius 1 is 1.07 bits per heavy atom. The first-order valence-corrected chi connectivity index (χ1v) is 16.9. The maximum absolute atomic E-state index is 14.2. The highest BCUT2D eigenvalue weighted by Gasteiger charge is 2.34. The second-order valence-electron chi connectivity index (χ2n) is 11.1. The topological polar surface area (TPSA) is 139 Å². The predicted octanol–water partition coefficient (Wildman–Crippen LogP) is 5.74. The molecule has 0 aliphatic heterocycles. The number of aryl methyl sites for hydroxylation is 1. The molecule has 1 N–H and O–H groups in total. The molecule has 1 atom stereocenters. The second kappa shape index (κ2) is 14.9. The Bertz CT molecular complexity index is 1640. The summed E-state index contributed by atoms with van der Waals surface area (Å²) in [5.74, 6) is -0.474. The molecule has 1 fully saturated rings. The predicted molar refractivity (Wildman–Crippen MR) is 175 cm³/mol. The van der Waals surface area contributed by atoms with E-state index in [1.807, 2.05) is 24.3 Å². The van der Waals surface area contributed by atoms with Crippen LogP contribution in [0.15, 0.2) is 76.1 Å². The van der Waals surface area contributed by atoms with Gasteiger partial charge in [0.2, 0.25) is 11.8 Å². The van der Waals surface area contributed by atoms with Gasteiger partial charge in [-0.2, -0.15) is 0 Å². The van der Waals surface area contributed by atoms with E-state index in [1.54, 1.807) is 19.1 Å². The fourth-order valence-electron chi connectivity index (χ4n) is 5.33. The molecule has 0 heterocycles. The van der Waals surface area contributed by atoms with Gasteiger partial charge in [-0.3, -0.25) is 24.0 Å². The number of carbonyl (C=O) groups excluding carboxylic acids is 2. The van der Waals surface area contributed by atoms with E-state index in [-0.39, 0.29) is 34.8 Å². The molecule has 2 amide bonds. The van der Waals surface area contributed by atoms with Crippen LogP contribution in [0, 0.1) is 17.0 Å². The molecule has 13 heteroatoms. The molecule has 45 heavy (non-hydrogen) atoms. The van der Waals surface area contributed by atoms with Gasteiger partial charge >= 0.3 is 0 Å². The van der Waals surface area contributed by atoms with Gasteiger partial charge in [-0.25, -0.2) is 8.42 Å². The third-order valence-electron chi connectivity index (χ3n) is 7.97. The Morgan fingerprint density at radius 3 is 2.38 bits per heavy atom. The first kappa shape index (κ1) is 33.9. The summed E-state index contributed by atoms with van der Waals surface area (Å²) in [4.78, 5) is 39.7. The van der Waals surface area contributed by atoms with Crippen LogP contribution in [0.3, 0.4) is 0 Å². The fraction of sp³-hybridized carbons (Fsp3) is 0.375. The lowest BCUT2D eigenvalue weighted by Gasteiger charge is -2.33. The van der Waals surface area contributed by atoms with Crippen molar-refractivity contribution in [2.24, 2.45) is 0 Å². The molecule has 0 aromatic heterocycles. The molecule has 0 saturated heterocycles. The van der Waals surface area contributed by atoms with Crippen LogP contribution in [0.25, 0.3) is 0 Å². The van der Waals surface area contributed by atoms with Gasteiger partial charge < -0.3 is 15.0 Å². The van der Waals surface area contributed by atoms with E-state index >= 15 is 0 Å². The van der Waals surface area contributed by atoms with Crippen LogP contribution in [-0.4, -0.2) is 55.8 Å². The SMILES string of the molecule is COc1ccc(N(CC(=O)N(Cc2cccc(Br)c2)C(C)C(=O)NC2CCCCC2)S(=O)(=O)c2ccc(C)c([N+](=O)[O-])c2)cc1. The number of sulfonamides is 1. The van der Waals surface area contributed by atoms with Crippen LogP contribution in [0.4, 0.5) is 11.4 Å². The normalized spacial score (nSPS) is 14.3. The van der Waals surface area contributed by atoms with Crippen molar-refractivity contribution in [1.82, 2.24) is 10.2 Å². The molecule has 240 valence electrons. The van der Waals surface area contributed by atoms with Crippen LogP contribution < -0.4 is 14.4 Å². The van der Waals surface area contributed by atoms with Crippen molar-refractivity contribution in [1.29, 1.82) is 0 Å². The summed E-state index contributed by atoms with van der Waals surface area (Å²) in [7, 11) is -3.02. The van der Waals surface area contributed by atoms with Gasteiger partial charge in [0.1, 0.15) is 18.3 Å². The smallest absolute Gasteiger partial charge is 0.273 e. The van der Waals surface area contributed by atoms with Gasteiger partial charge in [-0.1, -0.05) is 53.4 Å². The van der Waals surface area contributed by atoms with Crippen molar-refractivity contribution < 1.29 is 27.7 Å². The molecular weight excluding hydrogens is 664 g/mol. The number of rotatable bonds is 12. The molecule has 0 bridgehead atoms. The number of hydrogen-bond donors (Lipinski definition) is 1. The minimum atomic E-state index is -4.49. The molecular formula is C32H37BrN4O7S. The summed E-state index contributed by atoms with van der Waals surface area (Å²) >= 11 is 3.45. The van der Waals surface area contributed by atoms with E-state index < -0.39 is 33.4 Å². The highest BCUT2D eigenvalue weighted by molar-refractivity contribution is 9.10. The minimum Gasteiger partial charge on any atom is -0.497 e. The quantitative estimate of drug-likeness (QED) is 0.188. The second-order valence-corrected chi connectivity index (χ2v) is 13.9. The molecule has 1 saturated carbocycles. The van der Waals surface area contributed by atoms with E-state index in [1.165, 1.54) is 43.2 Å². The standard InChI is InChI=1S/C32H37BrN4O7S/c1-22-12-17-29(19-30(22)37(40)41)45(42,43)36(27-13-15-28(44-3)16-14-27)21-31(38)35(20-24-8-7-9-25(33)18-24)23(2)32(39)34-26-10-5-4-6-11-26/h7-9,12-19,23,26H,4-6,10-11,20-21H2,1-3H3,(H,34,39). The Kier molecular flexibility index (Phi) is 11.2. The third-order valence-corrected chi connectivity index (χ3v) is 10.2. The van der Waals surface area contributed by atoms with Gasteiger partial charge in [0.15, 0.2) is 0 Å². The van der Waals surface area contributed by atoms with Crippen LogP contribution in [0.5, 0.6) is 5.75 Å². The van der Waals surface area contributed by atoms with E-state index in [0.29, 0.717) is 11.3 Å². The molecule has 0 spiro atoms. The van der Waals surface area contributed by atoms with Gasteiger partial charge in [-0.05, 0) is 74.7 Å². The first-order chi connectivity index (χ1) is 21.4. The number of anilines is 1. The molecule has 3 aromatic rings. The van der Waals surface area contributed by atoms with Crippen LogP contribution in [-0.2, 0) is 26.2 Å². The van der Waals surface area contributed by atoms with Gasteiger partial charge in [0.05, 0.1) is 22.6 Å². The number of nitro groups is 1. The lowest BCUT2D eigenvalue weighted by Crippen LogP contribution is -2.53. The summed E-state index contributed by atoms with van der Waals surface area (Å²) in [6.45, 7) is 2.53. The summed E-state index contributed by atoms with van der Waals surface area (Å²) in [6.07, 6.45) is 4.89. The monoisotopic (exact) mass is 700 g/mol. The van der Waals surface area contributed by atoms with Gasteiger partial charge in [-0.15, -0.1) is 0 Å². The highest BCUT2D eigenvalue weighted by Crippen LogP contribution is 2.30. The van der Waals surface area contributed by atoms with Crippen molar-refractivity contribution in [3.63, 3.8) is 0 Å². The summed E-state index contributed by atoms with van der Waals surface area (Å²) < 4.78 is 35.1. The Labute approximate surface area is 271 Å². The maximum atomic E-state index is 14.2. The number of halogens is 1. The van der Waals surface area contributed by atoms with Gasteiger partial charge in [0.25, 0.3) is 15.7 Å². The van der Waals surface area contributed by atoms with Gasteiger partial charge in [0, 0.05) is 28.7 Å². The van der Waals surface area contributed by atoms with Crippen LogP contribution in [0.2, 0.25) is 0 Å². The molecule has 1 aliphatic carbocycles. The van der Waals surface area contributed by atoms with Crippen molar-refractivity contribution in [3.8, 4) is 5.75 Å².